The molecule has 4 rings (SSSR count). The first kappa shape index (κ1) is 19.2. The number of hydrogen-bond donors (Lipinski definition) is 2. The topological polar surface area (TPSA) is 51.5 Å². The number of aromatic nitrogens is 2. The number of methoxy groups -OCH3 is 1. The monoisotopic (exact) mass is 397 g/mol. The lowest BCUT2D eigenvalue weighted by atomic mass is 9.97. The molecular formula is C22H29N4OS+. The van der Waals surface area contributed by atoms with E-state index in [4.69, 9.17) is 14.7 Å². The number of rotatable bonds is 6. The van der Waals surface area contributed by atoms with Crippen molar-refractivity contribution < 1.29 is 9.64 Å². The SMILES string of the molecule is COc1cccc([C@H](CNc2nc(C)nc3sc4c(c23)CCCC4)[NH+](C)C)c1. The van der Waals surface area contributed by atoms with Crippen LogP contribution >= 0.6 is 11.3 Å². The van der Waals surface area contributed by atoms with Crippen molar-refractivity contribution in [1.82, 2.24) is 9.97 Å². The van der Waals surface area contributed by atoms with Crippen LogP contribution in [0, 0.1) is 6.92 Å². The van der Waals surface area contributed by atoms with Crippen molar-refractivity contribution in [1.29, 1.82) is 0 Å². The van der Waals surface area contributed by atoms with Crippen LogP contribution in [0.1, 0.15) is 40.7 Å². The lowest BCUT2D eigenvalue weighted by Crippen LogP contribution is -3.06. The minimum Gasteiger partial charge on any atom is -0.497 e. The van der Waals surface area contributed by atoms with E-state index in [-0.39, 0.29) is 0 Å². The fraction of sp³-hybridized carbons (Fsp3) is 0.455. The fourth-order valence-corrected chi connectivity index (χ4v) is 5.41. The molecule has 28 heavy (non-hydrogen) atoms. The molecule has 1 aromatic carbocycles. The minimum absolute atomic E-state index is 0.301. The van der Waals surface area contributed by atoms with Crippen molar-refractivity contribution in [2.75, 3.05) is 33.1 Å². The molecule has 0 bridgehead atoms. The van der Waals surface area contributed by atoms with Crippen LogP contribution in [0.4, 0.5) is 5.82 Å². The molecule has 0 fully saturated rings. The van der Waals surface area contributed by atoms with Gasteiger partial charge in [-0.25, -0.2) is 9.97 Å². The van der Waals surface area contributed by atoms with Crippen LogP contribution in [-0.2, 0) is 12.8 Å². The Kier molecular flexibility index (Phi) is 5.51. The highest BCUT2D eigenvalue weighted by atomic mass is 32.1. The van der Waals surface area contributed by atoms with Gasteiger partial charge in [-0.1, -0.05) is 12.1 Å². The number of nitrogens with one attached hydrogen (secondary N) is 2. The molecule has 2 N–H and O–H groups in total. The zero-order valence-electron chi connectivity index (χ0n) is 17.1. The molecule has 1 aliphatic rings. The lowest BCUT2D eigenvalue weighted by molar-refractivity contribution is -0.890. The van der Waals surface area contributed by atoms with Crippen molar-refractivity contribution in [3.63, 3.8) is 0 Å². The Morgan fingerprint density at radius 3 is 2.82 bits per heavy atom. The maximum absolute atomic E-state index is 5.42. The van der Waals surface area contributed by atoms with E-state index in [0.717, 1.165) is 35.2 Å². The fourth-order valence-electron chi connectivity index (χ4n) is 4.10. The number of nitrogens with zero attached hydrogens (tertiary/aromatic N) is 2. The predicted molar refractivity (Wildman–Crippen MR) is 116 cm³/mol. The summed E-state index contributed by atoms with van der Waals surface area (Å²) in [5, 5.41) is 4.93. The number of fused-ring (bicyclic) bond motifs is 3. The summed E-state index contributed by atoms with van der Waals surface area (Å²) in [5.74, 6) is 2.73. The van der Waals surface area contributed by atoms with E-state index >= 15 is 0 Å². The third-order valence-corrected chi connectivity index (χ3v) is 6.78. The summed E-state index contributed by atoms with van der Waals surface area (Å²) >= 11 is 1.86. The molecular weight excluding hydrogens is 368 g/mol. The smallest absolute Gasteiger partial charge is 0.139 e. The second-order valence-electron chi connectivity index (χ2n) is 7.80. The third-order valence-electron chi connectivity index (χ3n) is 5.59. The second kappa shape index (κ2) is 8.05. The second-order valence-corrected chi connectivity index (χ2v) is 8.88. The first-order chi connectivity index (χ1) is 13.6. The van der Waals surface area contributed by atoms with Crippen LogP contribution in [0.5, 0.6) is 5.75 Å². The molecule has 1 atom stereocenters. The average Bonchev–Trinajstić information content (AvgIpc) is 3.06. The summed E-state index contributed by atoms with van der Waals surface area (Å²) in [7, 11) is 6.10. The summed E-state index contributed by atoms with van der Waals surface area (Å²) in [6.45, 7) is 2.80. The van der Waals surface area contributed by atoms with E-state index < -0.39 is 0 Å². The van der Waals surface area contributed by atoms with E-state index in [9.17, 15) is 0 Å². The van der Waals surface area contributed by atoms with Crippen LogP contribution in [0.2, 0.25) is 0 Å². The van der Waals surface area contributed by atoms with Gasteiger partial charge in [-0.2, -0.15) is 0 Å². The standard InChI is InChI=1S/C22H28N4OS/c1-14-24-21(20-17-10-5-6-11-19(17)28-22(20)25-14)23-13-18(26(2)3)15-8-7-9-16(12-15)27-4/h7-9,12,18H,5-6,10-11,13H2,1-4H3,(H,23,24,25)/p+1/t18-/m0/s1. The number of anilines is 1. The van der Waals surface area contributed by atoms with Crippen LogP contribution in [0.25, 0.3) is 10.2 Å². The van der Waals surface area contributed by atoms with Gasteiger partial charge >= 0.3 is 0 Å². The Balaban J connectivity index is 1.66. The molecule has 0 spiro atoms. The Bertz CT molecular complexity index is 982. The molecule has 0 amide bonds. The summed E-state index contributed by atoms with van der Waals surface area (Å²) in [4.78, 5) is 13.5. The lowest BCUT2D eigenvalue weighted by Gasteiger charge is -2.23. The Labute approximate surface area is 170 Å². The molecule has 148 valence electrons. The first-order valence-corrected chi connectivity index (χ1v) is 10.8. The molecule has 0 saturated carbocycles. The van der Waals surface area contributed by atoms with Crippen molar-refractivity contribution in [3.05, 3.63) is 46.1 Å². The molecule has 1 aliphatic carbocycles. The van der Waals surface area contributed by atoms with Gasteiger partial charge in [0.25, 0.3) is 0 Å². The highest BCUT2D eigenvalue weighted by Gasteiger charge is 2.23. The highest BCUT2D eigenvalue weighted by molar-refractivity contribution is 7.19. The minimum atomic E-state index is 0.301. The molecule has 6 heteroatoms. The molecule has 0 radical (unpaired) electrons. The molecule has 2 aromatic heterocycles. The van der Waals surface area contributed by atoms with Gasteiger partial charge in [0.2, 0.25) is 0 Å². The predicted octanol–water partition coefficient (Wildman–Crippen LogP) is 3.18. The number of aryl methyl sites for hydroxylation is 3. The van der Waals surface area contributed by atoms with Crippen LogP contribution < -0.4 is 15.0 Å². The molecule has 2 heterocycles. The Morgan fingerprint density at radius 1 is 1.21 bits per heavy atom. The van der Waals surface area contributed by atoms with Crippen LogP contribution in [-0.4, -0.2) is 37.7 Å². The van der Waals surface area contributed by atoms with E-state index in [1.807, 2.05) is 24.3 Å². The summed E-state index contributed by atoms with van der Waals surface area (Å²) < 4.78 is 5.42. The van der Waals surface area contributed by atoms with Gasteiger partial charge in [0.15, 0.2) is 0 Å². The number of benzene rings is 1. The van der Waals surface area contributed by atoms with Crippen molar-refractivity contribution in [2.45, 2.75) is 38.6 Å². The number of ether oxygens (including phenoxy) is 1. The number of thiophene rings is 1. The van der Waals surface area contributed by atoms with Crippen LogP contribution in [0.15, 0.2) is 24.3 Å². The van der Waals surface area contributed by atoms with Gasteiger partial charge in [0.1, 0.15) is 28.3 Å². The van der Waals surface area contributed by atoms with E-state index in [1.54, 1.807) is 7.11 Å². The van der Waals surface area contributed by atoms with E-state index in [0.29, 0.717) is 6.04 Å². The molecule has 5 nitrogen and oxygen atoms in total. The molecule has 0 unspecified atom stereocenters. The Morgan fingerprint density at radius 2 is 2.04 bits per heavy atom. The van der Waals surface area contributed by atoms with E-state index in [2.05, 4.69) is 37.6 Å². The molecule has 0 aliphatic heterocycles. The Hall–Kier alpha value is -2.18. The maximum atomic E-state index is 5.42. The van der Waals surface area contributed by atoms with Gasteiger partial charge < -0.3 is 15.0 Å². The summed E-state index contributed by atoms with van der Waals surface area (Å²) in [6.07, 6.45) is 4.88. The maximum Gasteiger partial charge on any atom is 0.139 e. The highest BCUT2D eigenvalue weighted by Crippen LogP contribution is 2.38. The third kappa shape index (κ3) is 3.71. The number of likely N-dealkylation sites (N-methyl/N-ethyl adjacent to an activating group) is 1. The van der Waals surface area contributed by atoms with Gasteiger partial charge in [0.05, 0.1) is 33.1 Å². The van der Waals surface area contributed by atoms with E-state index in [1.165, 1.54) is 45.6 Å². The average molecular weight is 398 g/mol. The number of quaternary nitrogens is 1. The van der Waals surface area contributed by atoms with Gasteiger partial charge in [-0.05, 0) is 50.3 Å². The first-order valence-electron chi connectivity index (χ1n) is 10.0. The normalized spacial score (nSPS) is 14.9. The van der Waals surface area contributed by atoms with Gasteiger partial charge in [0, 0.05) is 10.4 Å². The quantitative estimate of drug-likeness (QED) is 0.671. The van der Waals surface area contributed by atoms with Gasteiger partial charge in [-0.3, -0.25) is 0 Å². The van der Waals surface area contributed by atoms with Gasteiger partial charge in [-0.15, -0.1) is 11.3 Å². The van der Waals surface area contributed by atoms with Crippen molar-refractivity contribution in [3.8, 4) is 5.75 Å². The zero-order valence-corrected chi connectivity index (χ0v) is 17.9. The molecule has 0 saturated heterocycles. The molecule has 3 aromatic rings. The largest absolute Gasteiger partial charge is 0.497 e. The van der Waals surface area contributed by atoms with Crippen molar-refractivity contribution in [2.24, 2.45) is 0 Å². The van der Waals surface area contributed by atoms with Crippen molar-refractivity contribution >= 4 is 27.4 Å². The summed E-state index contributed by atoms with van der Waals surface area (Å²) in [5.41, 5.74) is 2.74. The zero-order chi connectivity index (χ0) is 19.7. The number of hydrogen-bond acceptors (Lipinski definition) is 5. The summed E-state index contributed by atoms with van der Waals surface area (Å²) in [6, 6.07) is 8.66. The van der Waals surface area contributed by atoms with Crippen LogP contribution in [0.3, 0.4) is 0 Å².